The molecule has 2 rings (SSSR count). The standard InChI is InChI=1S/C11H10F2N2S/c1-6(14)11-15-10(5-16-11)8-3-2-7(12)4-9(8)13/h2-6H,14H2,1H3. The number of benzene rings is 1. The summed E-state index contributed by atoms with van der Waals surface area (Å²) in [6.45, 7) is 1.81. The van der Waals surface area contributed by atoms with Crippen LogP contribution in [0.2, 0.25) is 0 Å². The van der Waals surface area contributed by atoms with Crippen LogP contribution in [0.25, 0.3) is 11.3 Å². The third-order valence-corrected chi connectivity index (χ3v) is 3.16. The van der Waals surface area contributed by atoms with Crippen LogP contribution in [0.5, 0.6) is 0 Å². The second-order valence-electron chi connectivity index (χ2n) is 3.48. The van der Waals surface area contributed by atoms with Gasteiger partial charge in [0.05, 0.1) is 11.7 Å². The second-order valence-corrected chi connectivity index (χ2v) is 4.37. The minimum absolute atomic E-state index is 0.178. The Balaban J connectivity index is 2.42. The molecule has 5 heteroatoms. The fourth-order valence-corrected chi connectivity index (χ4v) is 2.10. The highest BCUT2D eigenvalue weighted by molar-refractivity contribution is 7.10. The van der Waals surface area contributed by atoms with Gasteiger partial charge in [0.25, 0.3) is 0 Å². The molecule has 0 fully saturated rings. The van der Waals surface area contributed by atoms with Crippen molar-refractivity contribution in [1.29, 1.82) is 0 Å². The number of nitrogens with two attached hydrogens (primary N) is 1. The molecule has 2 nitrogen and oxygen atoms in total. The van der Waals surface area contributed by atoms with Crippen LogP contribution in [0.15, 0.2) is 23.6 Å². The first-order valence-corrected chi connectivity index (χ1v) is 5.62. The van der Waals surface area contributed by atoms with Crippen LogP contribution in [-0.4, -0.2) is 4.98 Å². The summed E-state index contributed by atoms with van der Waals surface area (Å²) in [6.07, 6.45) is 0. The molecular weight excluding hydrogens is 230 g/mol. The van der Waals surface area contributed by atoms with Crippen molar-refractivity contribution in [3.63, 3.8) is 0 Å². The molecule has 0 aliphatic rings. The zero-order valence-corrected chi connectivity index (χ0v) is 9.39. The first kappa shape index (κ1) is 11.2. The second kappa shape index (κ2) is 4.27. The normalized spacial score (nSPS) is 12.8. The molecule has 1 unspecified atom stereocenters. The van der Waals surface area contributed by atoms with Gasteiger partial charge in [0.2, 0.25) is 0 Å². The van der Waals surface area contributed by atoms with E-state index in [4.69, 9.17) is 5.73 Å². The maximum Gasteiger partial charge on any atom is 0.135 e. The topological polar surface area (TPSA) is 38.9 Å². The Kier molecular flexibility index (Phi) is 2.98. The molecule has 0 saturated heterocycles. The SMILES string of the molecule is CC(N)c1nc(-c2ccc(F)cc2F)cs1. The molecule has 0 radical (unpaired) electrons. The summed E-state index contributed by atoms with van der Waals surface area (Å²) in [5.74, 6) is -1.20. The molecule has 84 valence electrons. The van der Waals surface area contributed by atoms with Gasteiger partial charge in [0.15, 0.2) is 0 Å². The van der Waals surface area contributed by atoms with Gasteiger partial charge < -0.3 is 5.73 Å². The molecule has 0 spiro atoms. The Bertz CT molecular complexity index is 508. The molecule has 16 heavy (non-hydrogen) atoms. The van der Waals surface area contributed by atoms with E-state index >= 15 is 0 Å². The fourth-order valence-electron chi connectivity index (χ4n) is 1.32. The summed E-state index contributed by atoms with van der Waals surface area (Å²) >= 11 is 1.37. The van der Waals surface area contributed by atoms with Crippen LogP contribution in [0.1, 0.15) is 18.0 Å². The van der Waals surface area contributed by atoms with Crippen molar-refractivity contribution in [2.45, 2.75) is 13.0 Å². The third kappa shape index (κ3) is 2.10. The van der Waals surface area contributed by atoms with E-state index in [1.807, 2.05) is 6.92 Å². The van der Waals surface area contributed by atoms with Crippen molar-refractivity contribution in [3.05, 3.63) is 40.2 Å². The van der Waals surface area contributed by atoms with Crippen molar-refractivity contribution in [2.24, 2.45) is 5.73 Å². The Hall–Kier alpha value is -1.33. The maximum absolute atomic E-state index is 13.4. The quantitative estimate of drug-likeness (QED) is 0.876. The van der Waals surface area contributed by atoms with Gasteiger partial charge in [-0.1, -0.05) is 0 Å². The van der Waals surface area contributed by atoms with Crippen LogP contribution in [-0.2, 0) is 0 Å². The van der Waals surface area contributed by atoms with E-state index < -0.39 is 11.6 Å². The lowest BCUT2D eigenvalue weighted by molar-refractivity contribution is 0.585. The zero-order valence-electron chi connectivity index (χ0n) is 8.58. The molecular formula is C11H10F2N2S. The van der Waals surface area contributed by atoms with Gasteiger partial charge in [0, 0.05) is 17.0 Å². The van der Waals surface area contributed by atoms with Gasteiger partial charge in [-0.25, -0.2) is 13.8 Å². The van der Waals surface area contributed by atoms with Gasteiger partial charge in [-0.15, -0.1) is 11.3 Å². The zero-order chi connectivity index (χ0) is 11.7. The predicted octanol–water partition coefficient (Wildman–Crippen LogP) is 3.11. The molecule has 1 aromatic heterocycles. The van der Waals surface area contributed by atoms with Gasteiger partial charge in [-0.3, -0.25) is 0 Å². The van der Waals surface area contributed by atoms with Gasteiger partial charge in [0.1, 0.15) is 16.6 Å². The molecule has 1 heterocycles. The number of halogens is 2. The van der Waals surface area contributed by atoms with E-state index in [-0.39, 0.29) is 6.04 Å². The molecule has 0 aliphatic heterocycles. The number of rotatable bonds is 2. The summed E-state index contributed by atoms with van der Waals surface area (Å²) < 4.78 is 26.2. The first-order chi connectivity index (χ1) is 7.58. The number of hydrogen-bond donors (Lipinski definition) is 1. The van der Waals surface area contributed by atoms with Gasteiger partial charge in [-0.05, 0) is 19.1 Å². The minimum atomic E-state index is -0.610. The highest BCUT2D eigenvalue weighted by Gasteiger charge is 2.11. The summed E-state index contributed by atoms with van der Waals surface area (Å²) in [6, 6.07) is 3.26. The van der Waals surface area contributed by atoms with Gasteiger partial charge >= 0.3 is 0 Å². The highest BCUT2D eigenvalue weighted by Crippen LogP contribution is 2.26. The number of aromatic nitrogens is 1. The van der Waals surface area contributed by atoms with Crippen LogP contribution in [0, 0.1) is 11.6 Å². The largest absolute Gasteiger partial charge is 0.322 e. The lowest BCUT2D eigenvalue weighted by Crippen LogP contribution is -2.03. The maximum atomic E-state index is 13.4. The van der Waals surface area contributed by atoms with E-state index in [0.717, 1.165) is 11.1 Å². The van der Waals surface area contributed by atoms with E-state index in [0.29, 0.717) is 11.3 Å². The fraction of sp³-hybridized carbons (Fsp3) is 0.182. The average Bonchev–Trinajstić information content (AvgIpc) is 2.66. The average molecular weight is 240 g/mol. The number of nitrogens with zero attached hydrogens (tertiary/aromatic N) is 1. The molecule has 0 aliphatic carbocycles. The Morgan fingerprint density at radius 2 is 2.12 bits per heavy atom. The minimum Gasteiger partial charge on any atom is -0.322 e. The molecule has 2 N–H and O–H groups in total. The van der Waals surface area contributed by atoms with Gasteiger partial charge in [-0.2, -0.15) is 0 Å². The van der Waals surface area contributed by atoms with Crippen molar-refractivity contribution in [2.75, 3.05) is 0 Å². The smallest absolute Gasteiger partial charge is 0.135 e. The van der Waals surface area contributed by atoms with Crippen molar-refractivity contribution >= 4 is 11.3 Å². The summed E-state index contributed by atoms with van der Waals surface area (Å²) in [5, 5.41) is 2.45. The molecule has 1 atom stereocenters. The van der Waals surface area contributed by atoms with Crippen LogP contribution < -0.4 is 5.73 Å². The summed E-state index contributed by atoms with van der Waals surface area (Å²) in [4.78, 5) is 4.20. The van der Waals surface area contributed by atoms with E-state index in [1.165, 1.54) is 23.5 Å². The van der Waals surface area contributed by atoms with Crippen LogP contribution in [0.4, 0.5) is 8.78 Å². The van der Waals surface area contributed by atoms with Crippen molar-refractivity contribution in [3.8, 4) is 11.3 Å². The number of thiazole rings is 1. The summed E-state index contributed by atoms with van der Waals surface area (Å²) in [5.41, 5.74) is 6.45. The van der Waals surface area contributed by atoms with E-state index in [9.17, 15) is 8.78 Å². The predicted molar refractivity (Wildman–Crippen MR) is 60.1 cm³/mol. The lowest BCUT2D eigenvalue weighted by Gasteiger charge is -2.00. The number of hydrogen-bond acceptors (Lipinski definition) is 3. The Labute approximate surface area is 95.7 Å². The molecule has 0 saturated carbocycles. The summed E-state index contributed by atoms with van der Waals surface area (Å²) in [7, 11) is 0. The molecule has 0 amide bonds. The van der Waals surface area contributed by atoms with Crippen LogP contribution in [0.3, 0.4) is 0 Å². The monoisotopic (exact) mass is 240 g/mol. The van der Waals surface area contributed by atoms with Crippen molar-refractivity contribution in [1.82, 2.24) is 4.98 Å². The highest BCUT2D eigenvalue weighted by atomic mass is 32.1. The molecule has 1 aromatic carbocycles. The Morgan fingerprint density at radius 1 is 1.38 bits per heavy atom. The van der Waals surface area contributed by atoms with E-state index in [1.54, 1.807) is 5.38 Å². The molecule has 2 aromatic rings. The molecule has 0 bridgehead atoms. The third-order valence-electron chi connectivity index (χ3n) is 2.12. The Morgan fingerprint density at radius 3 is 2.69 bits per heavy atom. The van der Waals surface area contributed by atoms with Crippen LogP contribution >= 0.6 is 11.3 Å². The first-order valence-electron chi connectivity index (χ1n) is 4.74. The van der Waals surface area contributed by atoms with E-state index in [2.05, 4.69) is 4.98 Å². The van der Waals surface area contributed by atoms with Crippen molar-refractivity contribution < 1.29 is 8.78 Å². The lowest BCUT2D eigenvalue weighted by atomic mass is 10.1.